The number of nitrogens with one attached hydrogen (secondary N) is 1. The Morgan fingerprint density at radius 2 is 2.25 bits per heavy atom. The van der Waals surface area contributed by atoms with Gasteiger partial charge in [0.1, 0.15) is 0 Å². The van der Waals surface area contributed by atoms with E-state index in [1.165, 1.54) is 10.4 Å². The van der Waals surface area contributed by atoms with Gasteiger partial charge in [-0.1, -0.05) is 0 Å². The molecular formula is C14H12N4S2. The Kier molecular flexibility index (Phi) is 2.71. The van der Waals surface area contributed by atoms with Crippen LogP contribution in [0.4, 0.5) is 5.69 Å². The van der Waals surface area contributed by atoms with Crippen molar-refractivity contribution in [2.45, 2.75) is 13.5 Å². The summed E-state index contributed by atoms with van der Waals surface area (Å²) >= 11 is 3.33. The number of fused-ring (bicyclic) bond motifs is 2. The van der Waals surface area contributed by atoms with Gasteiger partial charge in [-0.25, -0.2) is 9.97 Å². The van der Waals surface area contributed by atoms with Crippen LogP contribution in [0.2, 0.25) is 0 Å². The van der Waals surface area contributed by atoms with Gasteiger partial charge in [-0.15, -0.1) is 22.7 Å². The zero-order valence-corrected chi connectivity index (χ0v) is 12.5. The van der Waals surface area contributed by atoms with Gasteiger partial charge in [0.25, 0.3) is 0 Å². The molecule has 3 heterocycles. The van der Waals surface area contributed by atoms with Crippen molar-refractivity contribution in [1.29, 1.82) is 0 Å². The largest absolute Gasteiger partial charge is 0.379 e. The molecule has 0 saturated carbocycles. The molecule has 100 valence electrons. The molecule has 1 aromatic carbocycles. The van der Waals surface area contributed by atoms with Crippen molar-refractivity contribution in [2.24, 2.45) is 0 Å². The second kappa shape index (κ2) is 4.57. The summed E-state index contributed by atoms with van der Waals surface area (Å²) in [6.07, 6.45) is 2.07. The highest BCUT2D eigenvalue weighted by atomic mass is 32.1. The zero-order chi connectivity index (χ0) is 13.5. The van der Waals surface area contributed by atoms with Crippen LogP contribution >= 0.6 is 22.7 Å². The molecule has 1 N–H and O–H groups in total. The molecule has 6 heteroatoms. The number of imidazole rings is 1. The number of thiazole rings is 2. The summed E-state index contributed by atoms with van der Waals surface area (Å²) in [5.41, 5.74) is 6.35. The van der Waals surface area contributed by atoms with Gasteiger partial charge in [-0.05, 0) is 25.1 Å². The van der Waals surface area contributed by atoms with E-state index >= 15 is 0 Å². The molecule has 0 aliphatic rings. The number of anilines is 1. The maximum Gasteiger partial charge on any atom is 0.194 e. The molecule has 0 spiro atoms. The summed E-state index contributed by atoms with van der Waals surface area (Å²) in [5, 5.41) is 5.54. The molecule has 20 heavy (non-hydrogen) atoms. The Labute approximate surface area is 123 Å². The van der Waals surface area contributed by atoms with Crippen molar-refractivity contribution in [1.82, 2.24) is 14.4 Å². The third kappa shape index (κ3) is 1.88. The van der Waals surface area contributed by atoms with Crippen molar-refractivity contribution in [3.63, 3.8) is 0 Å². The van der Waals surface area contributed by atoms with Crippen LogP contribution in [0, 0.1) is 6.92 Å². The lowest BCUT2D eigenvalue weighted by molar-refractivity contribution is 0.995. The first-order valence-electron chi connectivity index (χ1n) is 6.29. The maximum atomic E-state index is 4.56. The molecule has 0 atom stereocenters. The topological polar surface area (TPSA) is 42.2 Å². The monoisotopic (exact) mass is 300 g/mol. The molecule has 0 unspecified atom stereocenters. The van der Waals surface area contributed by atoms with Crippen molar-refractivity contribution in [3.8, 4) is 0 Å². The normalized spacial score (nSPS) is 11.4. The number of benzene rings is 1. The number of aromatic nitrogens is 3. The SMILES string of the molecule is Cc1nc2sccn2c1CNc1ccc2ncsc2c1. The third-order valence-electron chi connectivity index (χ3n) is 3.35. The fourth-order valence-corrected chi connectivity index (χ4v) is 3.80. The van der Waals surface area contributed by atoms with Gasteiger partial charge < -0.3 is 5.32 Å². The first-order chi connectivity index (χ1) is 9.81. The molecule has 0 saturated heterocycles. The van der Waals surface area contributed by atoms with Crippen LogP contribution in [-0.4, -0.2) is 14.4 Å². The van der Waals surface area contributed by atoms with Gasteiger partial charge in [0.15, 0.2) is 4.96 Å². The number of nitrogens with zero attached hydrogens (tertiary/aromatic N) is 3. The Hall–Kier alpha value is -1.92. The molecule has 0 radical (unpaired) electrons. The summed E-state index contributed by atoms with van der Waals surface area (Å²) in [6, 6.07) is 6.27. The van der Waals surface area contributed by atoms with Crippen molar-refractivity contribution in [2.75, 3.05) is 5.32 Å². The molecular weight excluding hydrogens is 288 g/mol. The molecule has 4 aromatic rings. The Morgan fingerprint density at radius 3 is 3.20 bits per heavy atom. The Balaban J connectivity index is 1.63. The first-order valence-corrected chi connectivity index (χ1v) is 8.05. The van der Waals surface area contributed by atoms with Crippen LogP contribution < -0.4 is 5.32 Å². The minimum Gasteiger partial charge on any atom is -0.379 e. The van der Waals surface area contributed by atoms with Crippen molar-refractivity contribution >= 4 is 43.5 Å². The summed E-state index contributed by atoms with van der Waals surface area (Å²) in [4.78, 5) is 9.91. The Bertz CT molecular complexity index is 887. The van der Waals surface area contributed by atoms with Gasteiger partial charge >= 0.3 is 0 Å². The van der Waals surface area contributed by atoms with Gasteiger partial charge in [-0.2, -0.15) is 0 Å². The van der Waals surface area contributed by atoms with E-state index in [1.54, 1.807) is 22.7 Å². The van der Waals surface area contributed by atoms with E-state index < -0.39 is 0 Å². The van der Waals surface area contributed by atoms with E-state index in [0.29, 0.717) is 0 Å². The minimum atomic E-state index is 0.772. The molecule has 0 fully saturated rings. The molecule has 0 amide bonds. The molecule has 3 aromatic heterocycles. The van der Waals surface area contributed by atoms with Crippen LogP contribution in [-0.2, 0) is 6.54 Å². The van der Waals surface area contributed by atoms with Gasteiger partial charge in [0.2, 0.25) is 0 Å². The predicted molar refractivity (Wildman–Crippen MR) is 84.8 cm³/mol. The lowest BCUT2D eigenvalue weighted by Crippen LogP contribution is -2.03. The summed E-state index contributed by atoms with van der Waals surface area (Å²) in [6.45, 7) is 2.83. The number of aryl methyl sites for hydroxylation is 1. The molecule has 4 nitrogen and oxygen atoms in total. The maximum absolute atomic E-state index is 4.56. The van der Waals surface area contributed by atoms with E-state index in [-0.39, 0.29) is 0 Å². The number of hydrogen-bond acceptors (Lipinski definition) is 5. The van der Waals surface area contributed by atoms with Crippen LogP contribution in [0.5, 0.6) is 0 Å². The Morgan fingerprint density at radius 1 is 1.30 bits per heavy atom. The second-order valence-corrected chi connectivity index (χ2v) is 6.35. The molecule has 0 bridgehead atoms. The highest BCUT2D eigenvalue weighted by molar-refractivity contribution is 7.16. The van der Waals surface area contributed by atoms with Crippen LogP contribution in [0.3, 0.4) is 0 Å². The third-order valence-corrected chi connectivity index (χ3v) is 4.90. The van der Waals surface area contributed by atoms with Crippen LogP contribution in [0.25, 0.3) is 15.2 Å². The van der Waals surface area contributed by atoms with E-state index in [4.69, 9.17) is 0 Å². The van der Waals surface area contributed by atoms with E-state index in [2.05, 4.69) is 56.4 Å². The number of rotatable bonds is 3. The van der Waals surface area contributed by atoms with Crippen LogP contribution in [0.15, 0.2) is 35.3 Å². The van der Waals surface area contributed by atoms with Gasteiger partial charge in [-0.3, -0.25) is 4.40 Å². The van der Waals surface area contributed by atoms with Crippen molar-refractivity contribution < 1.29 is 0 Å². The number of hydrogen-bond donors (Lipinski definition) is 1. The average Bonchev–Trinajstić information content (AvgIpc) is 3.12. The lowest BCUT2D eigenvalue weighted by atomic mass is 10.3. The summed E-state index contributed by atoms with van der Waals surface area (Å²) in [7, 11) is 0. The fraction of sp³-hybridized carbons (Fsp3) is 0.143. The van der Waals surface area contributed by atoms with E-state index in [9.17, 15) is 0 Å². The molecule has 4 rings (SSSR count). The van der Waals surface area contributed by atoms with Crippen LogP contribution in [0.1, 0.15) is 11.4 Å². The lowest BCUT2D eigenvalue weighted by Gasteiger charge is -2.06. The fourth-order valence-electron chi connectivity index (χ4n) is 2.30. The van der Waals surface area contributed by atoms with E-state index in [1.807, 2.05) is 5.51 Å². The second-order valence-electron chi connectivity index (χ2n) is 4.59. The standard InChI is InChI=1S/C14H12N4S2/c1-9-12(18-4-5-19-14(18)17-9)7-15-10-2-3-11-13(6-10)20-8-16-11/h2-6,8,15H,7H2,1H3. The molecule has 0 aliphatic heterocycles. The van der Waals surface area contributed by atoms with Gasteiger partial charge in [0, 0.05) is 17.3 Å². The molecule has 0 aliphatic carbocycles. The zero-order valence-electron chi connectivity index (χ0n) is 10.8. The highest BCUT2D eigenvalue weighted by Crippen LogP contribution is 2.23. The first kappa shape index (κ1) is 11.9. The average molecular weight is 300 g/mol. The minimum absolute atomic E-state index is 0.772. The summed E-state index contributed by atoms with van der Waals surface area (Å²) < 4.78 is 3.36. The van der Waals surface area contributed by atoms with Crippen molar-refractivity contribution in [3.05, 3.63) is 46.7 Å². The smallest absolute Gasteiger partial charge is 0.194 e. The summed E-state index contributed by atoms with van der Waals surface area (Å²) in [5.74, 6) is 0. The van der Waals surface area contributed by atoms with Gasteiger partial charge in [0.05, 0.1) is 33.7 Å². The predicted octanol–water partition coefficient (Wildman–Crippen LogP) is 3.93. The van der Waals surface area contributed by atoms with E-state index in [0.717, 1.165) is 28.4 Å². The quantitative estimate of drug-likeness (QED) is 0.623. The highest BCUT2D eigenvalue weighted by Gasteiger charge is 2.09.